The Morgan fingerprint density at radius 2 is 1.94 bits per heavy atom. The number of thioether (sulfide) groups is 1. The van der Waals surface area contributed by atoms with Crippen molar-refractivity contribution < 1.29 is 5.21 Å². The van der Waals surface area contributed by atoms with Gasteiger partial charge in [-0.2, -0.15) is 0 Å². The van der Waals surface area contributed by atoms with E-state index in [0.717, 1.165) is 4.90 Å². The van der Waals surface area contributed by atoms with Gasteiger partial charge in [-0.05, 0) is 16.8 Å². The Morgan fingerprint density at radius 3 is 2.75 bits per heavy atom. The van der Waals surface area contributed by atoms with Crippen LogP contribution >= 0.6 is 11.8 Å². The predicted molar refractivity (Wildman–Crippen MR) is 68.1 cm³/mol. The van der Waals surface area contributed by atoms with E-state index in [1.165, 1.54) is 10.8 Å². The molecular formula is C12H12N2OS. The molecule has 2 rings (SSSR count). The van der Waals surface area contributed by atoms with E-state index in [-0.39, 0.29) is 5.84 Å². The normalized spacial score (nSPS) is 11.9. The summed E-state index contributed by atoms with van der Waals surface area (Å²) in [7, 11) is 0. The molecule has 2 aromatic carbocycles. The van der Waals surface area contributed by atoms with Crippen LogP contribution in [0.1, 0.15) is 0 Å². The van der Waals surface area contributed by atoms with Crippen LogP contribution in [0.15, 0.2) is 52.5 Å². The van der Waals surface area contributed by atoms with Gasteiger partial charge in [-0.15, -0.1) is 11.8 Å². The van der Waals surface area contributed by atoms with Crippen LogP contribution in [0.4, 0.5) is 0 Å². The minimum Gasteiger partial charge on any atom is -0.409 e. The second-order valence-corrected chi connectivity index (χ2v) is 4.37. The van der Waals surface area contributed by atoms with Crippen molar-refractivity contribution in [3.05, 3.63) is 42.5 Å². The summed E-state index contributed by atoms with van der Waals surface area (Å²) >= 11 is 1.57. The van der Waals surface area contributed by atoms with E-state index in [2.05, 4.69) is 23.4 Å². The average Bonchev–Trinajstić information content (AvgIpc) is 2.35. The number of amidine groups is 1. The summed E-state index contributed by atoms with van der Waals surface area (Å²) < 4.78 is 0. The highest BCUT2D eigenvalue weighted by molar-refractivity contribution is 8.00. The van der Waals surface area contributed by atoms with Crippen molar-refractivity contribution in [2.24, 2.45) is 10.9 Å². The number of hydrogen-bond acceptors (Lipinski definition) is 3. The Hall–Kier alpha value is -1.68. The molecule has 0 saturated carbocycles. The molecule has 0 unspecified atom stereocenters. The van der Waals surface area contributed by atoms with Gasteiger partial charge in [0.25, 0.3) is 0 Å². The smallest absolute Gasteiger partial charge is 0.149 e. The maximum Gasteiger partial charge on any atom is 0.149 e. The standard InChI is InChI=1S/C12H12N2OS/c13-12(14-15)8-16-11-7-3-5-9-4-1-2-6-10(9)11/h1-7,15H,8H2,(H2,13,14). The van der Waals surface area contributed by atoms with Gasteiger partial charge < -0.3 is 10.9 Å². The highest BCUT2D eigenvalue weighted by atomic mass is 32.2. The molecule has 0 heterocycles. The van der Waals surface area contributed by atoms with E-state index in [0.29, 0.717) is 5.75 Å². The number of rotatable bonds is 3. The zero-order chi connectivity index (χ0) is 11.4. The molecule has 0 amide bonds. The van der Waals surface area contributed by atoms with Crippen LogP contribution in [0, 0.1) is 0 Å². The average molecular weight is 232 g/mol. The molecule has 0 fully saturated rings. The molecule has 0 aromatic heterocycles. The molecule has 4 heteroatoms. The zero-order valence-corrected chi connectivity index (χ0v) is 9.45. The van der Waals surface area contributed by atoms with Crippen LogP contribution in [-0.2, 0) is 0 Å². The van der Waals surface area contributed by atoms with Crippen molar-refractivity contribution in [3.8, 4) is 0 Å². The van der Waals surface area contributed by atoms with Crippen molar-refractivity contribution >= 4 is 28.4 Å². The van der Waals surface area contributed by atoms with Gasteiger partial charge in [0.15, 0.2) is 0 Å². The number of nitrogens with zero attached hydrogens (tertiary/aromatic N) is 1. The largest absolute Gasteiger partial charge is 0.409 e. The second-order valence-electron chi connectivity index (χ2n) is 3.36. The molecule has 2 aromatic rings. The fourth-order valence-electron chi connectivity index (χ4n) is 1.50. The highest BCUT2D eigenvalue weighted by Crippen LogP contribution is 2.27. The van der Waals surface area contributed by atoms with Crippen LogP contribution in [0.3, 0.4) is 0 Å². The van der Waals surface area contributed by atoms with Crippen molar-refractivity contribution in [3.63, 3.8) is 0 Å². The first kappa shape index (κ1) is 10.8. The molecule has 0 aliphatic heterocycles. The lowest BCUT2D eigenvalue weighted by Gasteiger charge is -2.05. The molecule has 82 valence electrons. The summed E-state index contributed by atoms with van der Waals surface area (Å²) in [5, 5.41) is 13.8. The topological polar surface area (TPSA) is 58.6 Å². The van der Waals surface area contributed by atoms with Crippen LogP contribution in [-0.4, -0.2) is 16.8 Å². The SMILES string of the molecule is NC(CSc1cccc2ccccc12)=NO. The molecular weight excluding hydrogens is 220 g/mol. The first-order chi connectivity index (χ1) is 7.81. The first-order valence-electron chi connectivity index (χ1n) is 4.88. The van der Waals surface area contributed by atoms with Gasteiger partial charge >= 0.3 is 0 Å². The third kappa shape index (κ3) is 2.28. The van der Waals surface area contributed by atoms with E-state index in [4.69, 9.17) is 10.9 Å². The molecule has 16 heavy (non-hydrogen) atoms. The van der Waals surface area contributed by atoms with Crippen molar-refractivity contribution in [1.82, 2.24) is 0 Å². The lowest BCUT2D eigenvalue weighted by Crippen LogP contribution is -2.14. The van der Waals surface area contributed by atoms with Crippen molar-refractivity contribution in [2.75, 3.05) is 5.75 Å². The Labute approximate surface area is 97.9 Å². The number of benzene rings is 2. The molecule has 0 atom stereocenters. The maximum absolute atomic E-state index is 8.48. The Morgan fingerprint density at radius 1 is 1.19 bits per heavy atom. The summed E-state index contributed by atoms with van der Waals surface area (Å²) in [6.45, 7) is 0. The minimum atomic E-state index is 0.234. The van der Waals surface area contributed by atoms with Gasteiger partial charge in [0.05, 0.1) is 5.75 Å². The number of oxime groups is 1. The lowest BCUT2D eigenvalue weighted by molar-refractivity contribution is 0.318. The lowest BCUT2D eigenvalue weighted by atomic mass is 10.1. The Balaban J connectivity index is 2.30. The van der Waals surface area contributed by atoms with Crippen LogP contribution in [0.25, 0.3) is 10.8 Å². The van der Waals surface area contributed by atoms with Gasteiger partial charge in [0.2, 0.25) is 0 Å². The van der Waals surface area contributed by atoms with Crippen molar-refractivity contribution in [1.29, 1.82) is 0 Å². The van der Waals surface area contributed by atoms with Crippen molar-refractivity contribution in [2.45, 2.75) is 4.90 Å². The highest BCUT2D eigenvalue weighted by Gasteiger charge is 2.01. The van der Waals surface area contributed by atoms with Gasteiger partial charge in [0.1, 0.15) is 5.84 Å². The van der Waals surface area contributed by atoms with E-state index in [9.17, 15) is 0 Å². The van der Waals surface area contributed by atoms with Gasteiger partial charge in [0, 0.05) is 4.90 Å². The van der Waals surface area contributed by atoms with E-state index < -0.39 is 0 Å². The van der Waals surface area contributed by atoms with E-state index >= 15 is 0 Å². The van der Waals surface area contributed by atoms with Crippen LogP contribution < -0.4 is 5.73 Å². The zero-order valence-electron chi connectivity index (χ0n) is 8.63. The molecule has 0 saturated heterocycles. The van der Waals surface area contributed by atoms with Gasteiger partial charge in [-0.3, -0.25) is 0 Å². The number of nitrogens with two attached hydrogens (primary N) is 1. The summed E-state index contributed by atoms with van der Waals surface area (Å²) in [5.74, 6) is 0.725. The maximum atomic E-state index is 8.48. The first-order valence-corrected chi connectivity index (χ1v) is 5.87. The quantitative estimate of drug-likeness (QED) is 0.281. The fourth-order valence-corrected chi connectivity index (χ4v) is 2.38. The van der Waals surface area contributed by atoms with Crippen LogP contribution in [0.2, 0.25) is 0 Å². The number of fused-ring (bicyclic) bond motifs is 1. The third-order valence-electron chi connectivity index (χ3n) is 2.25. The molecule has 0 bridgehead atoms. The summed E-state index contributed by atoms with van der Waals surface area (Å²) in [5.41, 5.74) is 5.44. The minimum absolute atomic E-state index is 0.234. The molecule has 0 spiro atoms. The summed E-state index contributed by atoms with van der Waals surface area (Å²) in [4.78, 5) is 1.14. The fraction of sp³-hybridized carbons (Fsp3) is 0.0833. The molecule has 3 N–H and O–H groups in total. The molecule has 0 radical (unpaired) electrons. The van der Waals surface area contributed by atoms with Gasteiger partial charge in [-0.25, -0.2) is 0 Å². The Bertz CT molecular complexity index is 520. The second kappa shape index (κ2) is 4.90. The van der Waals surface area contributed by atoms with Gasteiger partial charge in [-0.1, -0.05) is 41.6 Å². The predicted octanol–water partition coefficient (Wildman–Crippen LogP) is 2.68. The monoisotopic (exact) mass is 232 g/mol. The molecule has 0 aliphatic rings. The summed E-state index contributed by atoms with van der Waals surface area (Å²) in [6.07, 6.45) is 0. The summed E-state index contributed by atoms with van der Waals surface area (Å²) in [6, 6.07) is 14.3. The molecule has 3 nitrogen and oxygen atoms in total. The number of hydrogen-bond donors (Lipinski definition) is 2. The molecule has 0 aliphatic carbocycles. The van der Waals surface area contributed by atoms with E-state index in [1.807, 2.05) is 24.3 Å². The van der Waals surface area contributed by atoms with E-state index in [1.54, 1.807) is 11.8 Å². The Kier molecular flexibility index (Phi) is 3.31. The van der Waals surface area contributed by atoms with Crippen LogP contribution in [0.5, 0.6) is 0 Å². The third-order valence-corrected chi connectivity index (χ3v) is 3.36.